The average molecular weight is 246 g/mol. The van der Waals surface area contributed by atoms with Crippen LogP contribution in [0.25, 0.3) is 0 Å². The Hall–Kier alpha value is -0.650. The van der Waals surface area contributed by atoms with Gasteiger partial charge in [-0.2, -0.15) is 0 Å². The summed E-state index contributed by atoms with van der Waals surface area (Å²) in [5, 5.41) is 2.96. The van der Waals surface area contributed by atoms with Crippen LogP contribution in [0.3, 0.4) is 0 Å². The highest BCUT2D eigenvalue weighted by Crippen LogP contribution is 2.12. The van der Waals surface area contributed by atoms with Crippen LogP contribution in [0.1, 0.15) is 33.1 Å². The molecule has 0 aromatic heterocycles. The fourth-order valence-electron chi connectivity index (χ4n) is 1.42. The first-order valence-corrected chi connectivity index (χ1v) is 6.21. The van der Waals surface area contributed by atoms with Gasteiger partial charge in [-0.3, -0.25) is 4.79 Å². The molecule has 1 atom stereocenters. The number of nitrogens with two attached hydrogens (primary N) is 1. The number of rotatable bonds is 11. The fourth-order valence-corrected chi connectivity index (χ4v) is 1.42. The molecular weight excluding hydrogens is 220 g/mol. The van der Waals surface area contributed by atoms with E-state index in [1.807, 2.05) is 13.8 Å². The molecule has 0 aromatic carbocycles. The van der Waals surface area contributed by atoms with Crippen molar-refractivity contribution in [1.29, 1.82) is 0 Å². The van der Waals surface area contributed by atoms with Crippen molar-refractivity contribution in [3.63, 3.8) is 0 Å². The molecule has 0 aromatic rings. The lowest BCUT2D eigenvalue weighted by Gasteiger charge is -2.25. The lowest BCUT2D eigenvalue weighted by Crippen LogP contribution is -2.51. The minimum absolute atomic E-state index is 0.308. The van der Waals surface area contributed by atoms with Gasteiger partial charge in [0.05, 0.1) is 18.8 Å². The highest BCUT2D eigenvalue weighted by Gasteiger charge is 2.27. The summed E-state index contributed by atoms with van der Waals surface area (Å²) in [4.78, 5) is 11.2. The average Bonchev–Trinajstić information content (AvgIpc) is 2.32. The van der Waals surface area contributed by atoms with Gasteiger partial charge in [-0.25, -0.2) is 0 Å². The zero-order valence-corrected chi connectivity index (χ0v) is 11.3. The molecule has 0 saturated carbocycles. The van der Waals surface area contributed by atoms with Crippen LogP contribution in [0.4, 0.5) is 0 Å². The standard InChI is InChI=1S/C12H26N2O3/c1-4-16-9-10-17-8-6-5-7-12(2,14-3)11(13)15/h14H,4-10H2,1-3H3,(H2,13,15). The third kappa shape index (κ3) is 7.31. The van der Waals surface area contributed by atoms with E-state index in [0.717, 1.165) is 25.9 Å². The van der Waals surface area contributed by atoms with Crippen LogP contribution in [-0.2, 0) is 14.3 Å². The Morgan fingerprint density at radius 2 is 1.88 bits per heavy atom. The highest BCUT2D eigenvalue weighted by atomic mass is 16.5. The summed E-state index contributed by atoms with van der Waals surface area (Å²) in [7, 11) is 1.75. The zero-order chi connectivity index (χ0) is 13.1. The molecule has 0 spiro atoms. The summed E-state index contributed by atoms with van der Waals surface area (Å²) >= 11 is 0. The number of hydrogen-bond acceptors (Lipinski definition) is 4. The van der Waals surface area contributed by atoms with Gasteiger partial charge in [0, 0.05) is 13.2 Å². The van der Waals surface area contributed by atoms with Crippen LogP contribution < -0.4 is 11.1 Å². The fraction of sp³-hybridized carbons (Fsp3) is 0.917. The molecule has 5 heteroatoms. The van der Waals surface area contributed by atoms with Gasteiger partial charge in [-0.15, -0.1) is 0 Å². The van der Waals surface area contributed by atoms with Crippen molar-refractivity contribution >= 4 is 5.91 Å². The van der Waals surface area contributed by atoms with Gasteiger partial charge in [0.15, 0.2) is 0 Å². The maximum absolute atomic E-state index is 11.2. The van der Waals surface area contributed by atoms with Crippen molar-refractivity contribution < 1.29 is 14.3 Å². The first-order valence-electron chi connectivity index (χ1n) is 6.21. The molecule has 17 heavy (non-hydrogen) atoms. The predicted octanol–water partition coefficient (Wildman–Crippen LogP) is 0.673. The number of unbranched alkanes of at least 4 members (excludes halogenated alkanes) is 1. The second kappa shape index (κ2) is 9.39. The third-order valence-corrected chi connectivity index (χ3v) is 2.89. The smallest absolute Gasteiger partial charge is 0.237 e. The van der Waals surface area contributed by atoms with E-state index >= 15 is 0 Å². The number of nitrogens with one attached hydrogen (secondary N) is 1. The topological polar surface area (TPSA) is 73.6 Å². The summed E-state index contributed by atoms with van der Waals surface area (Å²) in [5.41, 5.74) is 4.72. The number of primary amides is 1. The Morgan fingerprint density at radius 1 is 1.24 bits per heavy atom. The summed E-state index contributed by atoms with van der Waals surface area (Å²) < 4.78 is 10.5. The predicted molar refractivity (Wildman–Crippen MR) is 67.8 cm³/mol. The Balaban J connectivity index is 3.47. The lowest BCUT2D eigenvalue weighted by atomic mass is 9.94. The molecule has 0 fully saturated rings. The van der Waals surface area contributed by atoms with Gasteiger partial charge >= 0.3 is 0 Å². The molecule has 0 heterocycles. The summed E-state index contributed by atoms with van der Waals surface area (Å²) in [6.07, 6.45) is 2.57. The number of carbonyl (C=O) groups is 1. The lowest BCUT2D eigenvalue weighted by molar-refractivity contribution is -0.123. The molecule has 0 aliphatic heterocycles. The third-order valence-electron chi connectivity index (χ3n) is 2.89. The first-order chi connectivity index (χ1) is 8.06. The largest absolute Gasteiger partial charge is 0.379 e. The van der Waals surface area contributed by atoms with E-state index in [1.165, 1.54) is 0 Å². The van der Waals surface area contributed by atoms with E-state index in [9.17, 15) is 4.79 Å². The van der Waals surface area contributed by atoms with Crippen molar-refractivity contribution in [2.75, 3.05) is 33.5 Å². The minimum Gasteiger partial charge on any atom is -0.379 e. The molecule has 102 valence electrons. The monoisotopic (exact) mass is 246 g/mol. The molecule has 0 radical (unpaired) electrons. The van der Waals surface area contributed by atoms with Gasteiger partial charge in [0.25, 0.3) is 0 Å². The van der Waals surface area contributed by atoms with Crippen LogP contribution in [0, 0.1) is 0 Å². The Bertz CT molecular complexity index is 212. The Kier molecular flexibility index (Phi) is 9.03. The van der Waals surface area contributed by atoms with E-state index in [2.05, 4.69) is 5.32 Å². The molecule has 0 saturated heterocycles. The molecule has 5 nitrogen and oxygen atoms in total. The van der Waals surface area contributed by atoms with Crippen LogP contribution in [0.15, 0.2) is 0 Å². The van der Waals surface area contributed by atoms with Crippen molar-refractivity contribution in [1.82, 2.24) is 5.32 Å². The van der Waals surface area contributed by atoms with Crippen LogP contribution in [-0.4, -0.2) is 44.9 Å². The van der Waals surface area contributed by atoms with Crippen LogP contribution >= 0.6 is 0 Å². The molecular formula is C12H26N2O3. The normalized spacial score (nSPS) is 14.5. The molecule has 0 aliphatic carbocycles. The van der Waals surface area contributed by atoms with Gasteiger partial charge in [-0.05, 0) is 40.2 Å². The van der Waals surface area contributed by atoms with E-state index in [0.29, 0.717) is 19.8 Å². The molecule has 0 bridgehead atoms. The molecule has 0 aliphatic rings. The zero-order valence-electron chi connectivity index (χ0n) is 11.3. The summed E-state index contributed by atoms with van der Waals surface area (Å²) in [6, 6.07) is 0. The van der Waals surface area contributed by atoms with Gasteiger partial charge in [-0.1, -0.05) is 0 Å². The Morgan fingerprint density at radius 3 is 2.41 bits per heavy atom. The number of likely N-dealkylation sites (N-methyl/N-ethyl adjacent to an activating group) is 1. The minimum atomic E-state index is -0.606. The van der Waals surface area contributed by atoms with Crippen molar-refractivity contribution in [3.05, 3.63) is 0 Å². The van der Waals surface area contributed by atoms with E-state index in [1.54, 1.807) is 7.05 Å². The number of hydrogen-bond donors (Lipinski definition) is 2. The molecule has 0 rings (SSSR count). The van der Waals surface area contributed by atoms with Crippen molar-refractivity contribution in [2.45, 2.75) is 38.6 Å². The summed E-state index contributed by atoms with van der Waals surface area (Å²) in [6.45, 7) is 6.49. The van der Waals surface area contributed by atoms with Crippen molar-refractivity contribution in [2.24, 2.45) is 5.73 Å². The molecule has 3 N–H and O–H groups in total. The quantitative estimate of drug-likeness (QED) is 0.526. The van der Waals surface area contributed by atoms with E-state index < -0.39 is 5.54 Å². The van der Waals surface area contributed by atoms with Crippen LogP contribution in [0.2, 0.25) is 0 Å². The van der Waals surface area contributed by atoms with Crippen molar-refractivity contribution in [3.8, 4) is 0 Å². The second-order valence-electron chi connectivity index (χ2n) is 4.21. The highest BCUT2D eigenvalue weighted by molar-refractivity contribution is 5.84. The number of amides is 1. The summed E-state index contributed by atoms with van der Waals surface area (Å²) in [5.74, 6) is -0.308. The maximum Gasteiger partial charge on any atom is 0.237 e. The van der Waals surface area contributed by atoms with Gasteiger partial charge in [0.2, 0.25) is 5.91 Å². The molecule has 1 amide bonds. The SMILES string of the molecule is CCOCCOCCCCC(C)(NC)C(N)=O. The van der Waals surface area contributed by atoms with Crippen LogP contribution in [0.5, 0.6) is 0 Å². The maximum atomic E-state index is 11.2. The second-order valence-corrected chi connectivity index (χ2v) is 4.21. The van der Waals surface area contributed by atoms with Gasteiger partial charge < -0.3 is 20.5 Å². The van der Waals surface area contributed by atoms with E-state index in [-0.39, 0.29) is 5.91 Å². The molecule has 1 unspecified atom stereocenters. The Labute approximate surface area is 104 Å². The van der Waals surface area contributed by atoms with E-state index in [4.69, 9.17) is 15.2 Å². The van der Waals surface area contributed by atoms with Gasteiger partial charge in [0.1, 0.15) is 0 Å². The number of carbonyl (C=O) groups excluding carboxylic acids is 1. The number of ether oxygens (including phenoxy) is 2. The first kappa shape index (κ1) is 16.4.